The summed E-state index contributed by atoms with van der Waals surface area (Å²) in [6, 6.07) is 2.60. The summed E-state index contributed by atoms with van der Waals surface area (Å²) in [4.78, 5) is 24.0. The van der Waals surface area contributed by atoms with Gasteiger partial charge in [0.1, 0.15) is 16.5 Å². The van der Waals surface area contributed by atoms with Gasteiger partial charge in [0.2, 0.25) is 0 Å². The number of aromatic carboxylic acids is 1. The summed E-state index contributed by atoms with van der Waals surface area (Å²) in [6.45, 7) is 5.76. The van der Waals surface area contributed by atoms with E-state index in [2.05, 4.69) is 5.32 Å². The Balaban J connectivity index is 2.36. The third-order valence-corrected chi connectivity index (χ3v) is 4.52. The number of rotatable bonds is 4. The molecule has 0 radical (unpaired) electrons. The highest BCUT2D eigenvalue weighted by molar-refractivity contribution is 8.04. The average Bonchev–Trinajstić information content (AvgIpc) is 2.48. The summed E-state index contributed by atoms with van der Waals surface area (Å²) >= 11 is 1.37. The smallest absolute Gasteiger partial charge is 0.338 e. The van der Waals surface area contributed by atoms with Crippen LogP contribution in [0.15, 0.2) is 22.8 Å². The molecule has 0 saturated carbocycles. The number of hydrogen-bond donors (Lipinski definition) is 2. The van der Waals surface area contributed by atoms with Crippen LogP contribution >= 0.6 is 11.8 Å². The first-order chi connectivity index (χ1) is 10.8. The van der Waals surface area contributed by atoms with Crippen LogP contribution in [0.4, 0.5) is 10.1 Å². The second-order valence-corrected chi connectivity index (χ2v) is 6.53. The highest BCUT2D eigenvalue weighted by Gasteiger charge is 2.22. The SMILES string of the molecule is CC1=C(C(=O)Nc2cc(C(=O)O)c(F)c(C(C)C)c2)SCCO1. The number of anilines is 1. The maximum Gasteiger partial charge on any atom is 0.338 e. The largest absolute Gasteiger partial charge is 0.496 e. The molecular weight excluding hydrogens is 321 g/mol. The molecule has 0 fully saturated rings. The van der Waals surface area contributed by atoms with Crippen LogP contribution in [-0.2, 0) is 9.53 Å². The molecule has 0 saturated heterocycles. The number of halogens is 1. The maximum absolute atomic E-state index is 14.2. The van der Waals surface area contributed by atoms with Crippen molar-refractivity contribution in [1.82, 2.24) is 0 Å². The summed E-state index contributed by atoms with van der Waals surface area (Å²) in [5.41, 5.74) is 0.0483. The first kappa shape index (κ1) is 17.3. The second-order valence-electron chi connectivity index (χ2n) is 5.42. The Morgan fingerprint density at radius 3 is 2.65 bits per heavy atom. The molecule has 1 amide bonds. The molecule has 1 aliphatic heterocycles. The number of allylic oxidation sites excluding steroid dienone is 1. The minimum atomic E-state index is -1.37. The van der Waals surface area contributed by atoms with Crippen LogP contribution in [0.5, 0.6) is 0 Å². The number of ether oxygens (including phenoxy) is 1. The van der Waals surface area contributed by atoms with Crippen molar-refractivity contribution in [1.29, 1.82) is 0 Å². The second kappa shape index (κ2) is 7.04. The summed E-state index contributed by atoms with van der Waals surface area (Å²) in [7, 11) is 0. The fourth-order valence-corrected chi connectivity index (χ4v) is 3.03. The first-order valence-corrected chi connectivity index (χ1v) is 8.14. The third-order valence-electron chi connectivity index (χ3n) is 3.39. The normalized spacial score (nSPS) is 14.7. The van der Waals surface area contributed by atoms with Gasteiger partial charge in [0.15, 0.2) is 0 Å². The summed E-state index contributed by atoms with van der Waals surface area (Å²) in [5, 5.41) is 11.8. The molecule has 7 heteroatoms. The molecule has 0 aliphatic carbocycles. The lowest BCUT2D eigenvalue weighted by atomic mass is 9.98. The number of carboxylic acids is 1. The molecule has 0 bridgehead atoms. The van der Waals surface area contributed by atoms with Gasteiger partial charge in [-0.2, -0.15) is 0 Å². The molecule has 0 unspecified atom stereocenters. The topological polar surface area (TPSA) is 75.6 Å². The fraction of sp³-hybridized carbons (Fsp3) is 0.375. The van der Waals surface area contributed by atoms with E-state index in [1.54, 1.807) is 20.8 Å². The number of thioether (sulfide) groups is 1. The molecule has 5 nitrogen and oxygen atoms in total. The van der Waals surface area contributed by atoms with E-state index in [4.69, 9.17) is 9.84 Å². The van der Waals surface area contributed by atoms with E-state index in [0.29, 0.717) is 23.0 Å². The molecule has 0 spiro atoms. The highest BCUT2D eigenvalue weighted by atomic mass is 32.2. The zero-order valence-corrected chi connectivity index (χ0v) is 13.9. The molecule has 124 valence electrons. The van der Waals surface area contributed by atoms with Crippen LogP contribution in [0.1, 0.15) is 42.6 Å². The number of amides is 1. The Kier molecular flexibility index (Phi) is 5.30. The maximum atomic E-state index is 14.2. The van der Waals surface area contributed by atoms with Gasteiger partial charge < -0.3 is 15.2 Å². The Bertz CT molecular complexity index is 685. The Morgan fingerprint density at radius 2 is 2.09 bits per heavy atom. The highest BCUT2D eigenvalue weighted by Crippen LogP contribution is 2.29. The van der Waals surface area contributed by atoms with Gasteiger partial charge >= 0.3 is 5.97 Å². The van der Waals surface area contributed by atoms with Gasteiger partial charge in [0.25, 0.3) is 5.91 Å². The number of carbonyl (C=O) groups is 2. The predicted octanol–water partition coefficient (Wildman–Crippen LogP) is 3.58. The molecule has 23 heavy (non-hydrogen) atoms. The quantitative estimate of drug-likeness (QED) is 0.877. The number of benzene rings is 1. The van der Waals surface area contributed by atoms with E-state index in [1.165, 1.54) is 17.8 Å². The van der Waals surface area contributed by atoms with E-state index in [9.17, 15) is 14.0 Å². The first-order valence-electron chi connectivity index (χ1n) is 7.15. The Labute approximate surface area is 137 Å². The van der Waals surface area contributed by atoms with Crippen LogP contribution in [0.2, 0.25) is 0 Å². The van der Waals surface area contributed by atoms with Crippen molar-refractivity contribution < 1.29 is 23.8 Å². The summed E-state index contributed by atoms with van der Waals surface area (Å²) in [6.07, 6.45) is 0. The third kappa shape index (κ3) is 3.85. The van der Waals surface area contributed by atoms with Crippen LogP contribution in [0.25, 0.3) is 0 Å². The Hall–Kier alpha value is -2.02. The van der Waals surface area contributed by atoms with E-state index in [-0.39, 0.29) is 23.1 Å². The minimum absolute atomic E-state index is 0.210. The molecule has 1 aromatic rings. The van der Waals surface area contributed by atoms with Gasteiger partial charge in [-0.3, -0.25) is 4.79 Å². The number of carboxylic acid groups (broad SMARTS) is 1. The summed E-state index contributed by atoms with van der Waals surface area (Å²) < 4.78 is 19.5. The zero-order chi connectivity index (χ0) is 17.1. The van der Waals surface area contributed by atoms with Gasteiger partial charge in [-0.1, -0.05) is 13.8 Å². The lowest BCUT2D eigenvalue weighted by Gasteiger charge is -2.18. The number of carbonyl (C=O) groups excluding carboxylic acids is 1. The van der Waals surface area contributed by atoms with Crippen molar-refractivity contribution in [2.24, 2.45) is 0 Å². The Morgan fingerprint density at radius 1 is 1.39 bits per heavy atom. The van der Waals surface area contributed by atoms with Crippen LogP contribution in [0.3, 0.4) is 0 Å². The molecule has 0 atom stereocenters. The van der Waals surface area contributed by atoms with Gasteiger partial charge in [0, 0.05) is 11.4 Å². The monoisotopic (exact) mass is 339 g/mol. The average molecular weight is 339 g/mol. The van der Waals surface area contributed by atoms with Gasteiger partial charge in [-0.15, -0.1) is 11.8 Å². The summed E-state index contributed by atoms with van der Waals surface area (Å²) in [5.74, 6) is -1.53. The van der Waals surface area contributed by atoms with E-state index in [0.717, 1.165) is 6.07 Å². The molecule has 2 N–H and O–H groups in total. The van der Waals surface area contributed by atoms with Crippen molar-refractivity contribution in [3.63, 3.8) is 0 Å². The van der Waals surface area contributed by atoms with Crippen molar-refractivity contribution in [3.8, 4) is 0 Å². The van der Waals surface area contributed by atoms with Crippen molar-refractivity contribution in [2.45, 2.75) is 26.7 Å². The van der Waals surface area contributed by atoms with Gasteiger partial charge in [-0.25, -0.2) is 9.18 Å². The standard InChI is InChI=1S/C16H18FNO4S/c1-8(2)11-6-10(7-12(13(11)17)16(20)21)18-15(19)14-9(3)22-4-5-23-14/h6-8H,4-5H2,1-3H3,(H,18,19)(H,20,21). The predicted molar refractivity (Wildman–Crippen MR) is 87.2 cm³/mol. The molecule has 1 aromatic carbocycles. The van der Waals surface area contributed by atoms with E-state index >= 15 is 0 Å². The molecule has 2 rings (SSSR count). The minimum Gasteiger partial charge on any atom is -0.496 e. The number of hydrogen-bond acceptors (Lipinski definition) is 4. The van der Waals surface area contributed by atoms with Crippen molar-refractivity contribution in [2.75, 3.05) is 17.7 Å². The lowest BCUT2D eigenvalue weighted by Crippen LogP contribution is -2.19. The number of nitrogens with one attached hydrogen (secondary N) is 1. The zero-order valence-electron chi connectivity index (χ0n) is 13.1. The van der Waals surface area contributed by atoms with Crippen LogP contribution < -0.4 is 5.32 Å². The van der Waals surface area contributed by atoms with Crippen LogP contribution in [0, 0.1) is 5.82 Å². The van der Waals surface area contributed by atoms with Crippen LogP contribution in [-0.4, -0.2) is 29.3 Å². The molecule has 1 aliphatic rings. The molecule has 0 aromatic heterocycles. The van der Waals surface area contributed by atoms with Gasteiger partial charge in [-0.05, 0) is 30.5 Å². The van der Waals surface area contributed by atoms with Crippen molar-refractivity contribution in [3.05, 3.63) is 39.7 Å². The lowest BCUT2D eigenvalue weighted by molar-refractivity contribution is -0.112. The van der Waals surface area contributed by atoms with Gasteiger partial charge in [0.05, 0.1) is 12.2 Å². The van der Waals surface area contributed by atoms with Crippen molar-refractivity contribution >= 4 is 29.3 Å². The molecule has 1 heterocycles. The molecular formula is C16H18FNO4S. The fourth-order valence-electron chi connectivity index (χ4n) is 2.21. The van der Waals surface area contributed by atoms with E-state index < -0.39 is 17.3 Å². The van der Waals surface area contributed by atoms with E-state index in [1.807, 2.05) is 0 Å².